The van der Waals surface area contributed by atoms with Gasteiger partial charge < -0.3 is 5.32 Å². The fourth-order valence-corrected chi connectivity index (χ4v) is 3.55. The van der Waals surface area contributed by atoms with E-state index in [1.54, 1.807) is 10.6 Å². The fourth-order valence-electron chi connectivity index (χ4n) is 2.68. The van der Waals surface area contributed by atoms with E-state index < -0.39 is 0 Å². The summed E-state index contributed by atoms with van der Waals surface area (Å²) in [5.74, 6) is 0.0702. The van der Waals surface area contributed by atoms with Gasteiger partial charge in [-0.3, -0.25) is 14.2 Å². The molecule has 5 nitrogen and oxygen atoms in total. The number of carbonyl (C=O) groups is 1. The van der Waals surface area contributed by atoms with E-state index in [0.717, 1.165) is 11.3 Å². The quantitative estimate of drug-likeness (QED) is 0.551. The summed E-state index contributed by atoms with van der Waals surface area (Å²) >= 11 is 1.28. The Morgan fingerprint density at radius 1 is 1.15 bits per heavy atom. The monoisotopic (exact) mass is 367 g/mol. The van der Waals surface area contributed by atoms with Gasteiger partial charge >= 0.3 is 0 Å². The molecule has 1 heterocycles. The average molecular weight is 367 g/mol. The number of hydrogen-bond acceptors (Lipinski definition) is 4. The number of amides is 1. The lowest BCUT2D eigenvalue weighted by atomic mass is 10.1. The average Bonchev–Trinajstić information content (AvgIpc) is 2.63. The highest BCUT2D eigenvalue weighted by atomic mass is 32.2. The molecule has 134 valence electrons. The Hall–Kier alpha value is -2.60. The normalized spacial score (nSPS) is 10.9. The van der Waals surface area contributed by atoms with Crippen LogP contribution in [0.2, 0.25) is 0 Å². The van der Waals surface area contributed by atoms with Crippen molar-refractivity contribution in [2.45, 2.75) is 32.5 Å². The molecule has 1 N–H and O–H groups in total. The van der Waals surface area contributed by atoms with Gasteiger partial charge in [-0.05, 0) is 56.2 Å². The Morgan fingerprint density at radius 3 is 2.65 bits per heavy atom. The molecule has 0 saturated heterocycles. The summed E-state index contributed by atoms with van der Waals surface area (Å²) in [6.07, 6.45) is 0. The van der Waals surface area contributed by atoms with Crippen LogP contribution in [0, 0.1) is 13.8 Å². The largest absolute Gasteiger partial charge is 0.325 e. The van der Waals surface area contributed by atoms with Crippen molar-refractivity contribution in [1.82, 2.24) is 9.55 Å². The molecule has 3 aromatic rings. The number of aromatic nitrogens is 2. The van der Waals surface area contributed by atoms with Crippen LogP contribution in [-0.4, -0.2) is 21.2 Å². The summed E-state index contributed by atoms with van der Waals surface area (Å²) in [6, 6.07) is 13.1. The number of para-hydroxylation sites is 1. The topological polar surface area (TPSA) is 64.0 Å². The van der Waals surface area contributed by atoms with Crippen molar-refractivity contribution < 1.29 is 4.79 Å². The summed E-state index contributed by atoms with van der Waals surface area (Å²) in [6.45, 7) is 6.46. The number of anilines is 1. The van der Waals surface area contributed by atoms with E-state index in [2.05, 4.69) is 10.3 Å². The van der Waals surface area contributed by atoms with Crippen LogP contribution in [0.25, 0.3) is 10.9 Å². The first kappa shape index (κ1) is 18.2. The van der Waals surface area contributed by atoms with Crippen LogP contribution in [0.5, 0.6) is 0 Å². The molecule has 0 spiro atoms. The Morgan fingerprint density at radius 2 is 1.92 bits per heavy atom. The third kappa shape index (κ3) is 3.80. The molecule has 0 bridgehead atoms. The lowest BCUT2D eigenvalue weighted by Gasteiger charge is -2.11. The van der Waals surface area contributed by atoms with Gasteiger partial charge in [-0.15, -0.1) is 0 Å². The molecular formula is C20H21N3O2S. The number of fused-ring (bicyclic) bond motifs is 1. The molecule has 0 aliphatic carbocycles. The number of carbonyl (C=O) groups excluding carboxylic acids is 1. The van der Waals surface area contributed by atoms with Crippen LogP contribution in [0.1, 0.15) is 18.1 Å². The summed E-state index contributed by atoms with van der Waals surface area (Å²) in [5.41, 5.74) is 3.67. The molecule has 1 aromatic heterocycles. The van der Waals surface area contributed by atoms with Gasteiger partial charge in [0.25, 0.3) is 5.56 Å². The van der Waals surface area contributed by atoms with Crippen molar-refractivity contribution in [3.8, 4) is 0 Å². The molecule has 0 unspecified atom stereocenters. The van der Waals surface area contributed by atoms with Gasteiger partial charge in [-0.25, -0.2) is 4.98 Å². The van der Waals surface area contributed by atoms with E-state index in [1.165, 1.54) is 17.3 Å². The predicted octanol–water partition coefficient (Wildman–Crippen LogP) is 3.76. The zero-order chi connectivity index (χ0) is 18.7. The Kier molecular flexibility index (Phi) is 5.42. The van der Waals surface area contributed by atoms with E-state index in [4.69, 9.17) is 0 Å². The number of benzene rings is 2. The van der Waals surface area contributed by atoms with Gasteiger partial charge in [0.1, 0.15) is 0 Å². The van der Waals surface area contributed by atoms with Gasteiger partial charge in [0.05, 0.1) is 16.7 Å². The molecular weight excluding hydrogens is 346 g/mol. The number of thioether (sulfide) groups is 1. The van der Waals surface area contributed by atoms with E-state index in [-0.39, 0.29) is 17.2 Å². The predicted molar refractivity (Wildman–Crippen MR) is 107 cm³/mol. The minimum absolute atomic E-state index is 0.0739. The highest BCUT2D eigenvalue weighted by Crippen LogP contribution is 2.19. The van der Waals surface area contributed by atoms with Gasteiger partial charge in [0.15, 0.2) is 5.16 Å². The van der Waals surface area contributed by atoms with E-state index in [1.807, 2.05) is 57.2 Å². The minimum Gasteiger partial charge on any atom is -0.325 e. The Bertz CT molecular complexity index is 1030. The van der Waals surface area contributed by atoms with Crippen molar-refractivity contribution in [3.63, 3.8) is 0 Å². The van der Waals surface area contributed by atoms with Gasteiger partial charge in [0, 0.05) is 12.2 Å². The first-order valence-corrected chi connectivity index (χ1v) is 9.47. The SMILES string of the molecule is CCn1c(SCC(=O)Nc2ccc(C)c(C)c2)nc2ccccc2c1=O. The Balaban J connectivity index is 1.77. The second-order valence-electron chi connectivity index (χ2n) is 6.10. The van der Waals surface area contributed by atoms with Crippen LogP contribution in [0.15, 0.2) is 52.4 Å². The summed E-state index contributed by atoms with van der Waals surface area (Å²) in [5, 5.41) is 4.05. The van der Waals surface area contributed by atoms with E-state index in [9.17, 15) is 9.59 Å². The lowest BCUT2D eigenvalue weighted by molar-refractivity contribution is -0.113. The molecule has 0 fully saturated rings. The highest BCUT2D eigenvalue weighted by Gasteiger charge is 2.12. The zero-order valence-corrected chi connectivity index (χ0v) is 15.9. The number of nitrogens with zero attached hydrogens (tertiary/aromatic N) is 2. The molecule has 0 aliphatic rings. The lowest BCUT2D eigenvalue weighted by Crippen LogP contribution is -2.23. The van der Waals surface area contributed by atoms with Crippen LogP contribution in [-0.2, 0) is 11.3 Å². The van der Waals surface area contributed by atoms with Crippen LogP contribution in [0.3, 0.4) is 0 Å². The number of rotatable bonds is 5. The first-order chi connectivity index (χ1) is 12.5. The smallest absolute Gasteiger partial charge is 0.262 e. The third-order valence-electron chi connectivity index (χ3n) is 4.27. The molecule has 0 aliphatic heterocycles. The van der Waals surface area contributed by atoms with Crippen molar-refractivity contribution in [2.75, 3.05) is 11.1 Å². The second kappa shape index (κ2) is 7.74. The maximum atomic E-state index is 12.6. The number of aryl methyl sites for hydroxylation is 2. The maximum Gasteiger partial charge on any atom is 0.262 e. The molecule has 6 heteroatoms. The molecule has 0 atom stereocenters. The van der Waals surface area contributed by atoms with Crippen molar-refractivity contribution in [2.24, 2.45) is 0 Å². The molecule has 1 amide bonds. The number of hydrogen-bond donors (Lipinski definition) is 1. The van der Waals surface area contributed by atoms with Gasteiger partial charge in [-0.1, -0.05) is 30.0 Å². The van der Waals surface area contributed by atoms with Gasteiger partial charge in [0.2, 0.25) is 5.91 Å². The Labute approximate surface area is 156 Å². The van der Waals surface area contributed by atoms with Crippen molar-refractivity contribution in [3.05, 3.63) is 63.9 Å². The molecule has 2 aromatic carbocycles. The van der Waals surface area contributed by atoms with Crippen LogP contribution < -0.4 is 10.9 Å². The standard InChI is InChI=1S/C20H21N3O2S/c1-4-23-19(25)16-7-5-6-8-17(16)22-20(23)26-12-18(24)21-15-10-9-13(2)14(3)11-15/h5-11H,4,12H2,1-3H3,(H,21,24). The summed E-state index contributed by atoms with van der Waals surface area (Å²) in [4.78, 5) is 29.4. The zero-order valence-electron chi connectivity index (χ0n) is 15.1. The van der Waals surface area contributed by atoms with Crippen LogP contribution in [0.4, 0.5) is 5.69 Å². The fraction of sp³-hybridized carbons (Fsp3) is 0.250. The first-order valence-electron chi connectivity index (χ1n) is 8.49. The second-order valence-corrected chi connectivity index (χ2v) is 7.04. The summed E-state index contributed by atoms with van der Waals surface area (Å²) in [7, 11) is 0. The van der Waals surface area contributed by atoms with E-state index in [0.29, 0.717) is 22.6 Å². The van der Waals surface area contributed by atoms with Gasteiger partial charge in [-0.2, -0.15) is 0 Å². The minimum atomic E-state index is -0.122. The van der Waals surface area contributed by atoms with E-state index >= 15 is 0 Å². The molecule has 3 rings (SSSR count). The maximum absolute atomic E-state index is 12.6. The van der Waals surface area contributed by atoms with Crippen molar-refractivity contribution in [1.29, 1.82) is 0 Å². The molecule has 26 heavy (non-hydrogen) atoms. The summed E-state index contributed by atoms with van der Waals surface area (Å²) < 4.78 is 1.61. The molecule has 0 radical (unpaired) electrons. The number of nitrogens with one attached hydrogen (secondary N) is 1. The highest BCUT2D eigenvalue weighted by molar-refractivity contribution is 7.99. The third-order valence-corrected chi connectivity index (χ3v) is 5.24. The van der Waals surface area contributed by atoms with Crippen molar-refractivity contribution >= 4 is 34.3 Å². The van der Waals surface area contributed by atoms with Crippen LogP contribution >= 0.6 is 11.8 Å². The molecule has 0 saturated carbocycles.